The summed E-state index contributed by atoms with van der Waals surface area (Å²) in [5, 5.41) is 10.4. The Bertz CT molecular complexity index is 455. The molecule has 5 nitrogen and oxygen atoms in total. The smallest absolute Gasteiger partial charge is 0.269 e. The lowest BCUT2D eigenvalue weighted by atomic mass is 10.1. The number of nitrogens with zero attached hydrogens (tertiary/aromatic N) is 1. The first-order valence-corrected chi connectivity index (χ1v) is 5.75. The molecular weight excluding hydrogens is 290 g/mol. The maximum atomic E-state index is 11.7. The Morgan fingerprint density at radius 3 is 2.29 bits per heavy atom. The van der Waals surface area contributed by atoms with Crippen LogP contribution < -0.4 is 0 Å². The molecule has 0 saturated heterocycles. The van der Waals surface area contributed by atoms with E-state index >= 15 is 0 Å². The molecule has 6 heteroatoms. The molecule has 1 aromatic rings. The lowest BCUT2D eigenvalue weighted by Crippen LogP contribution is -2.15. The molecule has 0 radical (unpaired) electrons. The SMILES string of the molecule is CC(=O)C(Br)CC(=O)c1ccc([N+](=O)[O-])cc1. The fraction of sp³-hybridized carbons (Fsp3) is 0.273. The first-order chi connectivity index (χ1) is 7.91. The van der Waals surface area contributed by atoms with Gasteiger partial charge in [0.15, 0.2) is 5.78 Å². The van der Waals surface area contributed by atoms with Crippen LogP contribution in [0.2, 0.25) is 0 Å². The first-order valence-electron chi connectivity index (χ1n) is 4.84. The van der Waals surface area contributed by atoms with Crippen LogP contribution >= 0.6 is 15.9 Å². The number of alkyl halides is 1. The van der Waals surface area contributed by atoms with Crippen LogP contribution in [-0.4, -0.2) is 21.3 Å². The van der Waals surface area contributed by atoms with Crippen molar-refractivity contribution in [3.8, 4) is 0 Å². The molecule has 0 fully saturated rings. The van der Waals surface area contributed by atoms with Crippen LogP contribution in [-0.2, 0) is 4.79 Å². The number of non-ortho nitro benzene ring substituents is 1. The quantitative estimate of drug-likeness (QED) is 0.362. The third-order valence-electron chi connectivity index (χ3n) is 2.21. The zero-order valence-electron chi connectivity index (χ0n) is 9.05. The Morgan fingerprint density at radius 1 is 1.35 bits per heavy atom. The van der Waals surface area contributed by atoms with Crippen molar-refractivity contribution in [3.05, 3.63) is 39.9 Å². The molecular formula is C11H10BrNO4. The molecule has 1 unspecified atom stereocenters. The van der Waals surface area contributed by atoms with E-state index < -0.39 is 9.75 Å². The van der Waals surface area contributed by atoms with Crippen LogP contribution in [0.1, 0.15) is 23.7 Å². The molecule has 0 saturated carbocycles. The number of hydrogen-bond acceptors (Lipinski definition) is 4. The highest BCUT2D eigenvalue weighted by Crippen LogP contribution is 2.16. The van der Waals surface area contributed by atoms with Crippen molar-refractivity contribution < 1.29 is 14.5 Å². The summed E-state index contributed by atoms with van der Waals surface area (Å²) < 4.78 is 0. The van der Waals surface area contributed by atoms with Crippen molar-refractivity contribution in [3.63, 3.8) is 0 Å². The second-order valence-corrected chi connectivity index (χ2v) is 4.61. The fourth-order valence-corrected chi connectivity index (χ4v) is 1.49. The van der Waals surface area contributed by atoms with Gasteiger partial charge in [0.05, 0.1) is 9.75 Å². The summed E-state index contributed by atoms with van der Waals surface area (Å²) in [6.45, 7) is 1.39. The van der Waals surface area contributed by atoms with Gasteiger partial charge in [0, 0.05) is 24.1 Å². The molecule has 0 aliphatic rings. The second kappa shape index (κ2) is 5.67. The number of halogens is 1. The zero-order valence-corrected chi connectivity index (χ0v) is 10.6. The van der Waals surface area contributed by atoms with Gasteiger partial charge < -0.3 is 0 Å². The van der Waals surface area contributed by atoms with E-state index in [1.54, 1.807) is 0 Å². The first kappa shape index (κ1) is 13.5. The number of carbonyl (C=O) groups excluding carboxylic acids is 2. The summed E-state index contributed by atoms with van der Waals surface area (Å²) in [6.07, 6.45) is 0.0488. The summed E-state index contributed by atoms with van der Waals surface area (Å²) in [6, 6.07) is 5.31. The van der Waals surface area contributed by atoms with Crippen LogP contribution in [0.4, 0.5) is 5.69 Å². The van der Waals surface area contributed by atoms with E-state index in [4.69, 9.17) is 0 Å². The van der Waals surface area contributed by atoms with Gasteiger partial charge in [-0.25, -0.2) is 0 Å². The normalized spacial score (nSPS) is 11.9. The van der Waals surface area contributed by atoms with E-state index in [-0.39, 0.29) is 23.7 Å². The second-order valence-electron chi connectivity index (χ2n) is 3.51. The highest BCUT2D eigenvalue weighted by molar-refractivity contribution is 9.10. The molecule has 0 N–H and O–H groups in total. The van der Waals surface area contributed by atoms with Gasteiger partial charge in [-0.2, -0.15) is 0 Å². The Hall–Kier alpha value is -1.56. The van der Waals surface area contributed by atoms with Crippen LogP contribution in [0.25, 0.3) is 0 Å². The standard InChI is InChI=1S/C11H10BrNO4/c1-7(14)10(12)6-11(15)8-2-4-9(5-3-8)13(16)17/h2-5,10H,6H2,1H3. The van der Waals surface area contributed by atoms with Crippen molar-refractivity contribution in [2.75, 3.05) is 0 Å². The van der Waals surface area contributed by atoms with Crippen molar-refractivity contribution in [2.45, 2.75) is 18.2 Å². The fourth-order valence-electron chi connectivity index (χ4n) is 1.19. The molecule has 0 amide bonds. The van der Waals surface area contributed by atoms with Gasteiger partial charge >= 0.3 is 0 Å². The molecule has 1 aromatic carbocycles. The third-order valence-corrected chi connectivity index (χ3v) is 3.17. The van der Waals surface area contributed by atoms with Gasteiger partial charge in [0.2, 0.25) is 0 Å². The molecule has 0 aliphatic carbocycles. The molecule has 0 bridgehead atoms. The maximum Gasteiger partial charge on any atom is 0.269 e. The van der Waals surface area contributed by atoms with E-state index in [0.29, 0.717) is 5.56 Å². The predicted molar refractivity (Wildman–Crippen MR) is 65.4 cm³/mol. The number of ketones is 2. The highest BCUT2D eigenvalue weighted by atomic mass is 79.9. The van der Waals surface area contributed by atoms with E-state index in [9.17, 15) is 19.7 Å². The Labute approximate surface area is 106 Å². The van der Waals surface area contributed by atoms with Crippen molar-refractivity contribution >= 4 is 33.2 Å². The Kier molecular flexibility index (Phi) is 4.51. The molecule has 0 heterocycles. The largest absolute Gasteiger partial charge is 0.299 e. The van der Waals surface area contributed by atoms with Crippen LogP contribution in [0, 0.1) is 10.1 Å². The van der Waals surface area contributed by atoms with E-state index in [0.717, 1.165) is 0 Å². The van der Waals surface area contributed by atoms with Gasteiger partial charge in [-0.1, -0.05) is 15.9 Å². The van der Waals surface area contributed by atoms with Gasteiger partial charge in [-0.15, -0.1) is 0 Å². The molecule has 0 aromatic heterocycles. The lowest BCUT2D eigenvalue weighted by Gasteiger charge is -2.04. The van der Waals surface area contributed by atoms with E-state index in [1.807, 2.05) is 0 Å². The molecule has 0 aliphatic heterocycles. The van der Waals surface area contributed by atoms with Crippen molar-refractivity contribution in [1.29, 1.82) is 0 Å². The van der Waals surface area contributed by atoms with Crippen molar-refractivity contribution in [1.82, 2.24) is 0 Å². The van der Waals surface area contributed by atoms with Gasteiger partial charge in [0.25, 0.3) is 5.69 Å². The molecule has 1 rings (SSSR count). The van der Waals surface area contributed by atoms with Crippen molar-refractivity contribution in [2.24, 2.45) is 0 Å². The van der Waals surface area contributed by atoms with E-state index in [2.05, 4.69) is 15.9 Å². The number of benzene rings is 1. The molecule has 17 heavy (non-hydrogen) atoms. The average molecular weight is 300 g/mol. The number of nitro groups is 1. The van der Waals surface area contributed by atoms with Crippen LogP contribution in [0.5, 0.6) is 0 Å². The van der Waals surface area contributed by atoms with E-state index in [1.165, 1.54) is 31.2 Å². The minimum atomic E-state index is -0.531. The minimum Gasteiger partial charge on any atom is -0.299 e. The minimum absolute atomic E-state index is 0.0488. The van der Waals surface area contributed by atoms with Gasteiger partial charge in [-0.05, 0) is 19.1 Å². The average Bonchev–Trinajstić information content (AvgIpc) is 2.28. The highest BCUT2D eigenvalue weighted by Gasteiger charge is 2.16. The third kappa shape index (κ3) is 3.74. The monoisotopic (exact) mass is 299 g/mol. The number of rotatable bonds is 5. The van der Waals surface area contributed by atoms with Gasteiger partial charge in [-0.3, -0.25) is 19.7 Å². The number of nitro benzene ring substituents is 1. The zero-order chi connectivity index (χ0) is 13.0. The summed E-state index contributed by atoms with van der Waals surface area (Å²) in [5.74, 6) is -0.350. The lowest BCUT2D eigenvalue weighted by molar-refractivity contribution is -0.384. The summed E-state index contributed by atoms with van der Waals surface area (Å²) >= 11 is 3.10. The molecule has 0 spiro atoms. The van der Waals surface area contributed by atoms with Crippen LogP contribution in [0.3, 0.4) is 0 Å². The topological polar surface area (TPSA) is 77.3 Å². The number of hydrogen-bond donors (Lipinski definition) is 0. The predicted octanol–water partition coefficient (Wildman–Crippen LogP) is 2.52. The molecule has 90 valence electrons. The summed E-state index contributed by atoms with van der Waals surface area (Å²) in [4.78, 5) is 32.0. The number of Topliss-reactive ketones (excluding diaryl/α,β-unsaturated/α-hetero) is 2. The van der Waals surface area contributed by atoms with Gasteiger partial charge in [0.1, 0.15) is 5.78 Å². The summed E-state index contributed by atoms with van der Waals surface area (Å²) in [7, 11) is 0. The summed E-state index contributed by atoms with van der Waals surface area (Å²) in [5.41, 5.74) is 0.296. The number of carbonyl (C=O) groups is 2. The molecule has 1 atom stereocenters. The van der Waals surface area contributed by atoms with Crippen LogP contribution in [0.15, 0.2) is 24.3 Å². The Morgan fingerprint density at radius 2 is 1.88 bits per heavy atom. The maximum absolute atomic E-state index is 11.7. The Balaban J connectivity index is 2.77.